The molecule has 0 unspecified atom stereocenters. The van der Waals surface area contributed by atoms with Crippen molar-refractivity contribution in [3.8, 4) is 22.8 Å². The number of aryl methyl sites for hydroxylation is 1. The van der Waals surface area contributed by atoms with E-state index in [2.05, 4.69) is 18.3 Å². The number of fused-ring (bicyclic) bond motifs is 1. The van der Waals surface area contributed by atoms with E-state index < -0.39 is 0 Å². The molecule has 2 heterocycles. The zero-order chi connectivity index (χ0) is 17.4. The molecule has 0 saturated heterocycles. The van der Waals surface area contributed by atoms with Gasteiger partial charge in [0.15, 0.2) is 16.5 Å². The van der Waals surface area contributed by atoms with Crippen LogP contribution in [0.2, 0.25) is 0 Å². The molecule has 5 nitrogen and oxygen atoms in total. The molecule has 0 bridgehead atoms. The highest BCUT2D eigenvalue weighted by atomic mass is 32.1. The third-order valence-corrected chi connectivity index (χ3v) is 4.87. The minimum Gasteiger partial charge on any atom is -0.504 e. The number of aromatic hydroxyl groups is 1. The van der Waals surface area contributed by atoms with Gasteiger partial charge in [0, 0.05) is 22.8 Å². The second kappa shape index (κ2) is 6.14. The molecule has 0 atom stereocenters. The Bertz CT molecular complexity index is 1050. The average molecular weight is 351 g/mol. The van der Waals surface area contributed by atoms with Gasteiger partial charge in [0.1, 0.15) is 11.5 Å². The molecule has 0 aliphatic rings. The van der Waals surface area contributed by atoms with Gasteiger partial charge >= 0.3 is 0 Å². The van der Waals surface area contributed by atoms with Crippen molar-refractivity contribution < 1.29 is 9.84 Å². The smallest absolute Gasteiger partial charge is 0.195 e. The van der Waals surface area contributed by atoms with Crippen LogP contribution in [0.25, 0.3) is 16.2 Å². The van der Waals surface area contributed by atoms with Crippen molar-refractivity contribution in [1.29, 1.82) is 0 Å². The number of phenols is 1. The third kappa shape index (κ3) is 2.70. The molecule has 0 saturated carbocycles. The fourth-order valence-corrected chi connectivity index (χ4v) is 3.49. The summed E-state index contributed by atoms with van der Waals surface area (Å²) in [5.74, 6) is 1.43. The number of nitrogens with zero attached hydrogens (tertiary/aromatic N) is 2. The molecule has 4 rings (SSSR count). The van der Waals surface area contributed by atoms with Gasteiger partial charge in [-0.25, -0.2) is 4.98 Å². The van der Waals surface area contributed by atoms with Crippen LogP contribution >= 0.6 is 11.3 Å². The number of benzene rings is 2. The Morgan fingerprint density at radius 3 is 2.84 bits per heavy atom. The molecule has 0 aliphatic carbocycles. The van der Waals surface area contributed by atoms with Crippen LogP contribution in [0.4, 0.5) is 11.5 Å². The van der Waals surface area contributed by atoms with E-state index in [9.17, 15) is 5.11 Å². The van der Waals surface area contributed by atoms with Gasteiger partial charge in [0.25, 0.3) is 0 Å². The lowest BCUT2D eigenvalue weighted by atomic mass is 10.1. The Morgan fingerprint density at radius 1 is 1.20 bits per heavy atom. The van der Waals surface area contributed by atoms with Gasteiger partial charge in [-0.2, -0.15) is 0 Å². The molecule has 6 heteroatoms. The number of rotatable bonds is 4. The van der Waals surface area contributed by atoms with Crippen LogP contribution in [-0.4, -0.2) is 21.6 Å². The van der Waals surface area contributed by atoms with Gasteiger partial charge in [0.2, 0.25) is 0 Å². The quantitative estimate of drug-likeness (QED) is 0.553. The Morgan fingerprint density at radius 2 is 2.04 bits per heavy atom. The summed E-state index contributed by atoms with van der Waals surface area (Å²) in [5, 5.41) is 15.4. The first-order valence-electron chi connectivity index (χ1n) is 7.83. The summed E-state index contributed by atoms with van der Waals surface area (Å²) in [4.78, 5) is 5.66. The van der Waals surface area contributed by atoms with E-state index in [-0.39, 0.29) is 5.75 Å². The highest BCUT2D eigenvalue weighted by Crippen LogP contribution is 2.37. The van der Waals surface area contributed by atoms with E-state index in [1.165, 1.54) is 7.11 Å². The third-order valence-electron chi connectivity index (χ3n) is 4.11. The summed E-state index contributed by atoms with van der Waals surface area (Å²) in [7, 11) is 1.54. The van der Waals surface area contributed by atoms with Gasteiger partial charge in [-0.3, -0.25) is 4.40 Å². The monoisotopic (exact) mass is 351 g/mol. The standard InChI is InChI=1S/C19H17N3O2S/c1-12-5-3-4-6-14(12)20-18-17(21-19-22(18)9-10-25-19)13-7-8-15(23)16(11-13)24-2/h3-11,20,23H,1-2H3. The maximum atomic E-state index is 9.86. The van der Waals surface area contributed by atoms with Crippen LogP contribution in [0.3, 0.4) is 0 Å². The minimum absolute atomic E-state index is 0.112. The zero-order valence-electron chi connectivity index (χ0n) is 13.9. The van der Waals surface area contributed by atoms with Crippen molar-refractivity contribution in [3.05, 3.63) is 59.6 Å². The summed E-state index contributed by atoms with van der Waals surface area (Å²) in [6.07, 6.45) is 1.99. The molecule has 0 fully saturated rings. The summed E-state index contributed by atoms with van der Waals surface area (Å²) < 4.78 is 7.27. The Balaban J connectivity index is 1.87. The summed E-state index contributed by atoms with van der Waals surface area (Å²) in [6, 6.07) is 13.4. The van der Waals surface area contributed by atoms with Crippen LogP contribution in [0.1, 0.15) is 5.56 Å². The first-order valence-corrected chi connectivity index (χ1v) is 8.71. The number of nitrogens with one attached hydrogen (secondary N) is 1. The van der Waals surface area contributed by atoms with Gasteiger partial charge in [0.05, 0.1) is 7.11 Å². The number of aromatic nitrogens is 2. The predicted molar refractivity (Wildman–Crippen MR) is 101 cm³/mol. The fraction of sp³-hybridized carbons (Fsp3) is 0.105. The van der Waals surface area contributed by atoms with Gasteiger partial charge in [-0.1, -0.05) is 18.2 Å². The maximum Gasteiger partial charge on any atom is 0.195 e. The molecule has 2 aromatic heterocycles. The van der Waals surface area contributed by atoms with E-state index in [0.29, 0.717) is 5.75 Å². The van der Waals surface area contributed by atoms with E-state index in [0.717, 1.165) is 33.3 Å². The normalized spacial score (nSPS) is 11.0. The zero-order valence-corrected chi connectivity index (χ0v) is 14.7. The summed E-state index contributed by atoms with van der Waals surface area (Å²) in [5.41, 5.74) is 3.87. The van der Waals surface area contributed by atoms with Gasteiger partial charge in [-0.05, 0) is 36.8 Å². The van der Waals surface area contributed by atoms with E-state index in [1.54, 1.807) is 23.5 Å². The second-order valence-electron chi connectivity index (χ2n) is 5.69. The molecular weight excluding hydrogens is 334 g/mol. The number of ether oxygens (including phenoxy) is 1. The highest BCUT2D eigenvalue weighted by Gasteiger charge is 2.17. The topological polar surface area (TPSA) is 58.8 Å². The number of phenolic OH excluding ortho intramolecular Hbond substituents is 1. The Kier molecular flexibility index (Phi) is 3.82. The first kappa shape index (κ1) is 15.5. The highest BCUT2D eigenvalue weighted by molar-refractivity contribution is 7.15. The molecule has 0 radical (unpaired) electrons. The SMILES string of the molecule is COc1cc(-c2nc3sccn3c2Nc2ccccc2C)ccc1O. The molecule has 2 N–H and O–H groups in total. The van der Waals surface area contributed by atoms with Crippen LogP contribution in [-0.2, 0) is 0 Å². The lowest BCUT2D eigenvalue weighted by molar-refractivity contribution is 0.373. The number of para-hydroxylation sites is 1. The number of methoxy groups -OCH3 is 1. The van der Waals surface area contributed by atoms with E-state index in [1.807, 2.05) is 40.2 Å². The van der Waals surface area contributed by atoms with Crippen molar-refractivity contribution in [1.82, 2.24) is 9.38 Å². The summed E-state index contributed by atoms with van der Waals surface area (Å²) >= 11 is 1.58. The first-order chi connectivity index (χ1) is 12.2. The molecule has 0 spiro atoms. The molecule has 0 aliphatic heterocycles. The number of thiazole rings is 1. The molecule has 0 amide bonds. The number of imidazole rings is 1. The molecule has 2 aromatic carbocycles. The lowest BCUT2D eigenvalue weighted by Gasteiger charge is -2.11. The van der Waals surface area contributed by atoms with E-state index >= 15 is 0 Å². The number of hydrogen-bond acceptors (Lipinski definition) is 5. The van der Waals surface area contributed by atoms with Crippen LogP contribution in [0, 0.1) is 6.92 Å². The average Bonchev–Trinajstić information content (AvgIpc) is 3.20. The summed E-state index contributed by atoms with van der Waals surface area (Å²) in [6.45, 7) is 2.07. The number of hydrogen-bond donors (Lipinski definition) is 2. The van der Waals surface area contributed by atoms with Crippen molar-refractivity contribution in [2.45, 2.75) is 6.92 Å². The van der Waals surface area contributed by atoms with Crippen molar-refractivity contribution in [2.75, 3.05) is 12.4 Å². The minimum atomic E-state index is 0.112. The van der Waals surface area contributed by atoms with Crippen molar-refractivity contribution in [3.63, 3.8) is 0 Å². The van der Waals surface area contributed by atoms with Crippen LogP contribution in [0.5, 0.6) is 11.5 Å². The molecular formula is C19H17N3O2S. The van der Waals surface area contributed by atoms with Crippen molar-refractivity contribution in [2.24, 2.45) is 0 Å². The molecule has 25 heavy (non-hydrogen) atoms. The van der Waals surface area contributed by atoms with E-state index in [4.69, 9.17) is 9.72 Å². The largest absolute Gasteiger partial charge is 0.504 e. The fourth-order valence-electron chi connectivity index (χ4n) is 2.77. The molecule has 4 aromatic rings. The van der Waals surface area contributed by atoms with Gasteiger partial charge < -0.3 is 15.2 Å². The van der Waals surface area contributed by atoms with Gasteiger partial charge in [-0.15, -0.1) is 11.3 Å². The van der Waals surface area contributed by atoms with Crippen LogP contribution in [0.15, 0.2) is 54.0 Å². The van der Waals surface area contributed by atoms with Crippen LogP contribution < -0.4 is 10.1 Å². The molecule has 126 valence electrons. The number of anilines is 2. The predicted octanol–water partition coefficient (Wildman–Crippen LogP) is 4.83. The lowest BCUT2D eigenvalue weighted by Crippen LogP contribution is -1.97. The Hall–Kier alpha value is -2.99. The second-order valence-corrected chi connectivity index (χ2v) is 6.56. The maximum absolute atomic E-state index is 9.86. The Labute approximate surface area is 149 Å². The van der Waals surface area contributed by atoms with Crippen molar-refractivity contribution >= 4 is 27.8 Å².